The molecular weight excluding hydrogens is 366 g/mol. The van der Waals surface area contributed by atoms with Crippen molar-refractivity contribution in [2.75, 3.05) is 19.5 Å². The van der Waals surface area contributed by atoms with E-state index in [1.165, 1.54) is 83.5 Å². The van der Waals surface area contributed by atoms with Gasteiger partial charge in [-0.1, -0.05) is 60.9 Å². The van der Waals surface area contributed by atoms with E-state index in [1.54, 1.807) is 0 Å². The minimum Gasteiger partial charge on any atom is -0.354 e. The quantitative estimate of drug-likeness (QED) is 0.272. The molecule has 2 rings (SSSR count). The lowest BCUT2D eigenvalue weighted by atomic mass is 9.86. The highest BCUT2D eigenvalue weighted by Crippen LogP contribution is 2.34. The zero-order chi connectivity index (χ0) is 17.2. The minimum absolute atomic E-state index is 0.0934. The number of alkyl halides is 1. The van der Waals surface area contributed by atoms with Gasteiger partial charge in [-0.25, -0.2) is 0 Å². The fraction of sp³-hybridized carbons (Fsp3) is 1.00. The summed E-state index contributed by atoms with van der Waals surface area (Å²) in [4.78, 5) is 2.88. The van der Waals surface area contributed by atoms with Crippen molar-refractivity contribution in [3.05, 3.63) is 0 Å². The lowest BCUT2D eigenvalue weighted by Crippen LogP contribution is -2.55. The summed E-state index contributed by atoms with van der Waals surface area (Å²) in [6, 6.07) is 1.89. The molecule has 24 heavy (non-hydrogen) atoms. The summed E-state index contributed by atoms with van der Waals surface area (Å²) in [6.07, 6.45) is 17.5. The molecule has 4 heteroatoms. The molecule has 3 nitrogen and oxygen atoms in total. The number of rotatable bonds is 10. The van der Waals surface area contributed by atoms with Crippen LogP contribution in [0.25, 0.3) is 0 Å². The molecular formula is C20H38BrNO2. The SMILES string of the molecule is COC(OC)C(CCCCBr)N(C1CCCCC1)C1CCCCC1. The molecule has 0 radical (unpaired) electrons. The first kappa shape index (κ1) is 20.7. The summed E-state index contributed by atoms with van der Waals surface area (Å²) in [5, 5.41) is 1.09. The van der Waals surface area contributed by atoms with Crippen LogP contribution in [0.5, 0.6) is 0 Å². The Balaban J connectivity index is 2.16. The number of unbranched alkanes of at least 4 members (excludes halogenated alkanes) is 1. The molecule has 2 aliphatic rings. The molecule has 0 saturated heterocycles. The average Bonchev–Trinajstić information content (AvgIpc) is 2.64. The third kappa shape index (κ3) is 5.96. The number of methoxy groups -OCH3 is 2. The zero-order valence-electron chi connectivity index (χ0n) is 15.9. The average molecular weight is 404 g/mol. The Morgan fingerprint density at radius 2 is 1.33 bits per heavy atom. The predicted octanol–water partition coefficient (Wildman–Crippen LogP) is 5.51. The minimum atomic E-state index is -0.0934. The van der Waals surface area contributed by atoms with Crippen LogP contribution in [0.4, 0.5) is 0 Å². The van der Waals surface area contributed by atoms with Crippen LogP contribution in [0.15, 0.2) is 0 Å². The van der Waals surface area contributed by atoms with Crippen molar-refractivity contribution in [2.24, 2.45) is 0 Å². The Bertz CT molecular complexity index is 295. The molecule has 0 spiro atoms. The van der Waals surface area contributed by atoms with Crippen LogP contribution in [0, 0.1) is 0 Å². The molecule has 2 fully saturated rings. The van der Waals surface area contributed by atoms with Crippen molar-refractivity contribution in [1.29, 1.82) is 0 Å². The highest BCUT2D eigenvalue weighted by Gasteiger charge is 2.37. The molecule has 1 atom stereocenters. The van der Waals surface area contributed by atoms with E-state index in [1.807, 2.05) is 14.2 Å². The molecule has 2 aliphatic carbocycles. The van der Waals surface area contributed by atoms with Crippen LogP contribution < -0.4 is 0 Å². The normalized spacial score (nSPS) is 22.4. The van der Waals surface area contributed by atoms with Gasteiger partial charge in [-0.2, -0.15) is 0 Å². The van der Waals surface area contributed by atoms with Crippen molar-refractivity contribution < 1.29 is 9.47 Å². The summed E-state index contributed by atoms with van der Waals surface area (Å²) in [5.41, 5.74) is 0. The molecule has 0 aromatic rings. The molecule has 1 unspecified atom stereocenters. The van der Waals surface area contributed by atoms with Crippen LogP contribution in [-0.4, -0.2) is 48.9 Å². The van der Waals surface area contributed by atoms with E-state index in [-0.39, 0.29) is 6.29 Å². The Hall–Kier alpha value is 0.360. The van der Waals surface area contributed by atoms with Crippen LogP contribution in [0.1, 0.15) is 83.5 Å². The van der Waals surface area contributed by atoms with Crippen molar-refractivity contribution in [3.8, 4) is 0 Å². The molecule has 0 aromatic heterocycles. The van der Waals surface area contributed by atoms with Gasteiger partial charge in [-0.15, -0.1) is 0 Å². The Morgan fingerprint density at radius 1 is 0.833 bits per heavy atom. The molecule has 0 bridgehead atoms. The summed E-state index contributed by atoms with van der Waals surface area (Å²) in [7, 11) is 3.62. The van der Waals surface area contributed by atoms with Crippen molar-refractivity contribution >= 4 is 15.9 Å². The first-order valence-electron chi connectivity index (χ1n) is 10.2. The van der Waals surface area contributed by atoms with Crippen molar-refractivity contribution in [2.45, 2.75) is 108 Å². The number of ether oxygens (including phenoxy) is 2. The summed E-state index contributed by atoms with van der Waals surface area (Å²) >= 11 is 3.58. The first-order chi connectivity index (χ1) is 11.8. The Kier molecular flexibility index (Phi) is 10.2. The fourth-order valence-electron chi connectivity index (χ4n) is 4.88. The van der Waals surface area contributed by atoms with Gasteiger partial charge in [0, 0.05) is 31.6 Å². The molecule has 2 saturated carbocycles. The first-order valence-corrected chi connectivity index (χ1v) is 11.3. The van der Waals surface area contributed by atoms with E-state index in [9.17, 15) is 0 Å². The number of nitrogens with zero attached hydrogens (tertiary/aromatic N) is 1. The third-order valence-corrected chi connectivity index (χ3v) is 6.60. The number of hydrogen-bond donors (Lipinski definition) is 0. The summed E-state index contributed by atoms with van der Waals surface area (Å²) in [5.74, 6) is 0. The van der Waals surface area contributed by atoms with E-state index in [0.717, 1.165) is 17.4 Å². The molecule has 0 aliphatic heterocycles. The number of hydrogen-bond acceptors (Lipinski definition) is 3. The molecule has 0 amide bonds. The number of halogens is 1. The lowest BCUT2D eigenvalue weighted by molar-refractivity contribution is -0.165. The summed E-state index contributed by atoms with van der Waals surface area (Å²) < 4.78 is 11.6. The van der Waals surface area contributed by atoms with Gasteiger partial charge in [0.2, 0.25) is 0 Å². The maximum atomic E-state index is 5.78. The Morgan fingerprint density at radius 3 is 1.75 bits per heavy atom. The van der Waals surface area contributed by atoms with Crippen LogP contribution in [-0.2, 0) is 9.47 Å². The van der Waals surface area contributed by atoms with Crippen LogP contribution >= 0.6 is 15.9 Å². The Labute approximate surface area is 158 Å². The highest BCUT2D eigenvalue weighted by molar-refractivity contribution is 9.09. The second-order valence-corrected chi connectivity index (χ2v) is 8.42. The van der Waals surface area contributed by atoms with E-state index < -0.39 is 0 Å². The maximum absolute atomic E-state index is 5.78. The lowest BCUT2D eigenvalue weighted by Gasteiger charge is -2.48. The van der Waals surface area contributed by atoms with E-state index in [0.29, 0.717) is 6.04 Å². The van der Waals surface area contributed by atoms with Gasteiger partial charge >= 0.3 is 0 Å². The molecule has 0 heterocycles. The fourth-order valence-corrected chi connectivity index (χ4v) is 5.28. The third-order valence-electron chi connectivity index (χ3n) is 6.04. The van der Waals surface area contributed by atoms with Gasteiger partial charge in [0.15, 0.2) is 6.29 Å². The van der Waals surface area contributed by atoms with Crippen molar-refractivity contribution in [1.82, 2.24) is 4.90 Å². The van der Waals surface area contributed by atoms with E-state index in [2.05, 4.69) is 20.8 Å². The van der Waals surface area contributed by atoms with Crippen molar-refractivity contribution in [3.63, 3.8) is 0 Å². The zero-order valence-corrected chi connectivity index (χ0v) is 17.4. The molecule has 0 N–H and O–H groups in total. The van der Waals surface area contributed by atoms with E-state index >= 15 is 0 Å². The maximum Gasteiger partial charge on any atom is 0.172 e. The van der Waals surface area contributed by atoms with E-state index in [4.69, 9.17) is 9.47 Å². The predicted molar refractivity (Wildman–Crippen MR) is 105 cm³/mol. The van der Waals surface area contributed by atoms with Crippen LogP contribution in [0.3, 0.4) is 0 Å². The van der Waals surface area contributed by atoms with Gasteiger partial charge < -0.3 is 9.47 Å². The standard InChI is InChI=1S/C20H38BrNO2/c1-23-20(24-2)19(15-9-10-16-21)22(17-11-5-3-6-12-17)18-13-7-4-8-14-18/h17-20H,3-16H2,1-2H3. The topological polar surface area (TPSA) is 21.7 Å². The highest BCUT2D eigenvalue weighted by atomic mass is 79.9. The van der Waals surface area contributed by atoms with Crippen LogP contribution in [0.2, 0.25) is 0 Å². The second kappa shape index (κ2) is 11.9. The largest absolute Gasteiger partial charge is 0.354 e. The van der Waals surface area contributed by atoms with Gasteiger partial charge in [0.25, 0.3) is 0 Å². The van der Waals surface area contributed by atoms with Gasteiger partial charge in [-0.3, -0.25) is 4.90 Å². The van der Waals surface area contributed by atoms with Gasteiger partial charge in [0.05, 0.1) is 6.04 Å². The smallest absolute Gasteiger partial charge is 0.172 e. The molecule has 142 valence electrons. The summed E-state index contributed by atoms with van der Waals surface area (Å²) in [6.45, 7) is 0. The van der Waals surface area contributed by atoms with Gasteiger partial charge in [0.1, 0.15) is 0 Å². The monoisotopic (exact) mass is 403 g/mol. The second-order valence-electron chi connectivity index (χ2n) is 7.62. The molecule has 0 aromatic carbocycles. The van der Waals surface area contributed by atoms with Gasteiger partial charge in [-0.05, 0) is 38.5 Å².